The lowest BCUT2D eigenvalue weighted by Crippen LogP contribution is -2.36. The Labute approximate surface area is 143 Å². The van der Waals surface area contributed by atoms with E-state index in [2.05, 4.69) is 5.32 Å². The number of hydrogen-bond donors (Lipinski definition) is 1. The molecule has 0 unspecified atom stereocenters. The van der Waals surface area contributed by atoms with Crippen LogP contribution in [0.3, 0.4) is 0 Å². The first-order valence-electron chi connectivity index (χ1n) is 7.36. The van der Waals surface area contributed by atoms with Crippen LogP contribution in [0.1, 0.15) is 23.0 Å². The normalized spacial score (nSPS) is 11.4. The number of imide groups is 1. The van der Waals surface area contributed by atoms with Gasteiger partial charge in [-0.1, -0.05) is 31.2 Å². The van der Waals surface area contributed by atoms with E-state index in [0.29, 0.717) is 17.0 Å². The van der Waals surface area contributed by atoms with Crippen LogP contribution >= 0.6 is 11.3 Å². The van der Waals surface area contributed by atoms with Gasteiger partial charge in [-0.3, -0.25) is 14.9 Å². The van der Waals surface area contributed by atoms with Crippen LogP contribution in [0.4, 0.5) is 0 Å². The van der Waals surface area contributed by atoms with Gasteiger partial charge in [-0.2, -0.15) is 0 Å². The molecule has 2 rings (SSSR count). The van der Waals surface area contributed by atoms with Crippen LogP contribution in [0.5, 0.6) is 5.75 Å². The van der Waals surface area contributed by atoms with Gasteiger partial charge >= 0.3 is 5.97 Å². The van der Waals surface area contributed by atoms with Crippen molar-refractivity contribution in [2.24, 2.45) is 0 Å². The predicted molar refractivity (Wildman–Crippen MR) is 88.9 cm³/mol. The summed E-state index contributed by atoms with van der Waals surface area (Å²) in [5, 5.41) is 3.89. The summed E-state index contributed by atoms with van der Waals surface area (Å²) in [6.07, 6.45) is -0.420. The minimum Gasteiger partial charge on any atom is -0.479 e. The predicted octanol–water partition coefficient (Wildman–Crippen LogP) is 2.41. The summed E-state index contributed by atoms with van der Waals surface area (Å²) in [5.74, 6) is -1.31. The highest BCUT2D eigenvalue weighted by Gasteiger charge is 2.21. The van der Waals surface area contributed by atoms with Crippen molar-refractivity contribution in [1.29, 1.82) is 0 Å². The first kappa shape index (κ1) is 17.7. The molecule has 1 N–H and O–H groups in total. The highest BCUT2D eigenvalue weighted by atomic mass is 32.1. The Morgan fingerprint density at radius 1 is 1.12 bits per heavy atom. The second kappa shape index (κ2) is 8.83. The summed E-state index contributed by atoms with van der Waals surface area (Å²) in [6, 6.07) is 12.2. The summed E-state index contributed by atoms with van der Waals surface area (Å²) < 4.78 is 10.4. The van der Waals surface area contributed by atoms with E-state index in [0.717, 1.165) is 0 Å². The number of para-hydroxylation sites is 1. The molecule has 0 fully saturated rings. The molecule has 126 valence electrons. The molecule has 1 atom stereocenters. The van der Waals surface area contributed by atoms with Crippen LogP contribution in [0.25, 0.3) is 0 Å². The molecule has 0 radical (unpaired) electrons. The molecule has 2 amide bonds. The van der Waals surface area contributed by atoms with Crippen LogP contribution in [0.15, 0.2) is 47.8 Å². The number of ether oxygens (including phenoxy) is 2. The molecule has 1 heterocycles. The Balaban J connectivity index is 1.80. The maximum Gasteiger partial charge on any atom is 0.347 e. The minimum atomic E-state index is -0.812. The van der Waals surface area contributed by atoms with Crippen molar-refractivity contribution in [3.63, 3.8) is 0 Å². The molecule has 24 heavy (non-hydrogen) atoms. The van der Waals surface area contributed by atoms with Gasteiger partial charge < -0.3 is 9.47 Å². The molecular weight excluding hydrogens is 330 g/mol. The van der Waals surface area contributed by atoms with Crippen LogP contribution in [-0.2, 0) is 14.3 Å². The number of esters is 1. The van der Waals surface area contributed by atoms with Gasteiger partial charge in [-0.05, 0) is 30.0 Å². The minimum absolute atomic E-state index is 0.392. The van der Waals surface area contributed by atoms with Crippen LogP contribution in [-0.4, -0.2) is 30.5 Å². The third kappa shape index (κ3) is 5.20. The van der Waals surface area contributed by atoms with Crippen molar-refractivity contribution < 1.29 is 23.9 Å². The number of rotatable bonds is 7. The molecule has 7 heteroatoms. The highest BCUT2D eigenvalue weighted by Crippen LogP contribution is 2.13. The van der Waals surface area contributed by atoms with Crippen LogP contribution in [0, 0.1) is 0 Å². The molecule has 0 saturated heterocycles. The number of carbonyl (C=O) groups is 3. The van der Waals surface area contributed by atoms with E-state index in [4.69, 9.17) is 9.47 Å². The maximum absolute atomic E-state index is 12.0. The van der Waals surface area contributed by atoms with Gasteiger partial charge in [-0.15, -0.1) is 11.3 Å². The highest BCUT2D eigenvalue weighted by molar-refractivity contribution is 7.12. The van der Waals surface area contributed by atoms with Gasteiger partial charge in [0.1, 0.15) is 5.75 Å². The Hall–Kier alpha value is -2.67. The van der Waals surface area contributed by atoms with E-state index >= 15 is 0 Å². The largest absolute Gasteiger partial charge is 0.479 e. The van der Waals surface area contributed by atoms with Crippen LogP contribution < -0.4 is 10.1 Å². The van der Waals surface area contributed by atoms with E-state index in [1.54, 1.807) is 48.7 Å². The van der Waals surface area contributed by atoms with E-state index in [1.165, 1.54) is 11.3 Å². The molecule has 0 aliphatic rings. The number of hydrogen-bond acceptors (Lipinski definition) is 6. The van der Waals surface area contributed by atoms with Gasteiger partial charge in [0.05, 0.1) is 4.88 Å². The Morgan fingerprint density at radius 2 is 1.88 bits per heavy atom. The average Bonchev–Trinajstić information content (AvgIpc) is 3.13. The van der Waals surface area contributed by atoms with E-state index in [9.17, 15) is 14.4 Å². The van der Waals surface area contributed by atoms with Gasteiger partial charge in [0.25, 0.3) is 11.8 Å². The summed E-state index contributed by atoms with van der Waals surface area (Å²) >= 11 is 1.22. The van der Waals surface area contributed by atoms with Crippen molar-refractivity contribution in [3.8, 4) is 5.75 Å². The SMILES string of the molecule is CC[C@H](Oc1ccccc1)C(=O)OCC(=O)NC(=O)c1cccs1. The topological polar surface area (TPSA) is 81.7 Å². The first-order chi connectivity index (χ1) is 11.6. The fraction of sp³-hybridized carbons (Fsp3) is 0.235. The second-order valence-electron chi connectivity index (χ2n) is 4.79. The lowest BCUT2D eigenvalue weighted by atomic mass is 10.2. The van der Waals surface area contributed by atoms with Gasteiger partial charge in [0.15, 0.2) is 12.7 Å². The van der Waals surface area contributed by atoms with Gasteiger partial charge in [-0.25, -0.2) is 4.79 Å². The van der Waals surface area contributed by atoms with E-state index in [-0.39, 0.29) is 0 Å². The third-order valence-corrected chi connectivity index (χ3v) is 3.87. The molecule has 2 aromatic rings. The quantitative estimate of drug-likeness (QED) is 0.778. The average molecular weight is 347 g/mol. The Morgan fingerprint density at radius 3 is 2.50 bits per heavy atom. The molecule has 1 aromatic heterocycles. The molecule has 6 nitrogen and oxygen atoms in total. The zero-order valence-corrected chi connectivity index (χ0v) is 13.9. The number of thiophene rings is 1. The standard InChI is InChI=1S/C17H17NO5S/c1-2-13(23-12-7-4-3-5-8-12)17(21)22-11-15(19)18-16(20)14-9-6-10-24-14/h3-10,13H,2,11H2,1H3,(H,18,19,20)/t13-/m0/s1. The monoisotopic (exact) mass is 347 g/mol. The summed E-state index contributed by atoms with van der Waals surface area (Å²) in [7, 11) is 0. The summed E-state index contributed by atoms with van der Waals surface area (Å²) in [5.41, 5.74) is 0. The fourth-order valence-corrected chi connectivity index (χ4v) is 2.44. The number of nitrogens with one attached hydrogen (secondary N) is 1. The van der Waals surface area contributed by atoms with E-state index in [1.807, 2.05) is 6.07 Å². The smallest absolute Gasteiger partial charge is 0.347 e. The van der Waals surface area contributed by atoms with Crippen molar-refractivity contribution in [3.05, 3.63) is 52.7 Å². The number of carbonyl (C=O) groups excluding carboxylic acids is 3. The van der Waals surface area contributed by atoms with Crippen molar-refractivity contribution >= 4 is 29.1 Å². The number of amides is 2. The molecule has 0 spiro atoms. The first-order valence-corrected chi connectivity index (χ1v) is 8.24. The zero-order chi connectivity index (χ0) is 17.4. The van der Waals surface area contributed by atoms with E-state index < -0.39 is 30.5 Å². The summed E-state index contributed by atoms with van der Waals surface area (Å²) in [6.45, 7) is 1.24. The zero-order valence-electron chi connectivity index (χ0n) is 13.1. The molecule has 1 aromatic carbocycles. The molecule has 0 bridgehead atoms. The lowest BCUT2D eigenvalue weighted by Gasteiger charge is -2.16. The van der Waals surface area contributed by atoms with Gasteiger partial charge in [0.2, 0.25) is 0 Å². The molecule has 0 aliphatic carbocycles. The Bertz CT molecular complexity index is 684. The Kier molecular flexibility index (Phi) is 6.51. The fourth-order valence-electron chi connectivity index (χ4n) is 1.82. The third-order valence-electron chi connectivity index (χ3n) is 3.00. The van der Waals surface area contributed by atoms with Crippen molar-refractivity contribution in [2.45, 2.75) is 19.4 Å². The van der Waals surface area contributed by atoms with Crippen LogP contribution in [0.2, 0.25) is 0 Å². The molecule has 0 saturated carbocycles. The van der Waals surface area contributed by atoms with Crippen molar-refractivity contribution in [1.82, 2.24) is 5.32 Å². The molecule has 0 aliphatic heterocycles. The summed E-state index contributed by atoms with van der Waals surface area (Å²) in [4.78, 5) is 35.8. The molecular formula is C17H17NO5S. The van der Waals surface area contributed by atoms with Gasteiger partial charge in [0, 0.05) is 0 Å². The number of benzene rings is 1. The van der Waals surface area contributed by atoms with Crippen molar-refractivity contribution in [2.75, 3.05) is 6.61 Å². The second-order valence-corrected chi connectivity index (χ2v) is 5.74. The lowest BCUT2D eigenvalue weighted by molar-refractivity contribution is -0.155. The maximum atomic E-state index is 12.0.